The van der Waals surface area contributed by atoms with Crippen molar-refractivity contribution in [3.05, 3.63) is 64.6 Å². The summed E-state index contributed by atoms with van der Waals surface area (Å²) in [7, 11) is 0. The number of hydrogen-bond acceptors (Lipinski definition) is 5. The second-order valence-electron chi connectivity index (χ2n) is 7.55. The molecule has 1 fully saturated rings. The molecule has 3 aromatic rings. The van der Waals surface area contributed by atoms with E-state index in [1.54, 1.807) is 0 Å². The number of amides is 2. The van der Waals surface area contributed by atoms with Crippen LogP contribution in [-0.2, 0) is 16.0 Å². The molecule has 0 radical (unpaired) electrons. The van der Waals surface area contributed by atoms with Gasteiger partial charge in [-0.05, 0) is 37.0 Å². The van der Waals surface area contributed by atoms with Gasteiger partial charge in [0, 0.05) is 35.5 Å². The molecule has 160 valence electrons. The third kappa shape index (κ3) is 6.21. The molecule has 0 atom stereocenters. The van der Waals surface area contributed by atoms with Gasteiger partial charge in [0.2, 0.25) is 16.9 Å². The molecule has 0 spiro atoms. The van der Waals surface area contributed by atoms with Crippen molar-refractivity contribution < 1.29 is 9.59 Å². The highest BCUT2D eigenvalue weighted by Gasteiger charge is 2.33. The number of aromatic nitrogens is 2. The molecule has 1 N–H and O–H groups in total. The molecule has 1 aliphatic rings. The molecule has 0 aliphatic heterocycles. The van der Waals surface area contributed by atoms with E-state index >= 15 is 0 Å². The average Bonchev–Trinajstić information content (AvgIpc) is 3.54. The molecule has 6 nitrogen and oxygen atoms in total. The second-order valence-corrected chi connectivity index (χ2v) is 9.45. The number of carbonyl (C=O) groups excluding carboxylic acids is 2. The number of nitrogens with zero attached hydrogens (tertiary/aromatic N) is 3. The first kappa shape index (κ1) is 21.6. The van der Waals surface area contributed by atoms with Crippen LogP contribution in [0.1, 0.15) is 24.8 Å². The summed E-state index contributed by atoms with van der Waals surface area (Å²) in [5.41, 5.74) is 2.14. The van der Waals surface area contributed by atoms with Crippen LogP contribution in [0.15, 0.2) is 59.1 Å². The van der Waals surface area contributed by atoms with Gasteiger partial charge in [0.05, 0.1) is 0 Å². The van der Waals surface area contributed by atoms with Gasteiger partial charge in [-0.15, -0.1) is 10.2 Å². The summed E-state index contributed by atoms with van der Waals surface area (Å²) in [6, 6.07) is 17.9. The summed E-state index contributed by atoms with van der Waals surface area (Å²) in [5, 5.41) is 12.3. The molecule has 1 aromatic heterocycles. The predicted octanol–water partition coefficient (Wildman–Crippen LogP) is 4.78. The number of carbonyl (C=O) groups is 2. The fourth-order valence-electron chi connectivity index (χ4n) is 3.23. The van der Waals surface area contributed by atoms with Crippen LogP contribution < -0.4 is 5.32 Å². The highest BCUT2D eigenvalue weighted by Crippen LogP contribution is 2.31. The average molecular weight is 499 g/mol. The lowest BCUT2D eigenvalue weighted by molar-refractivity contribution is -0.132. The Hall–Kier alpha value is -2.58. The summed E-state index contributed by atoms with van der Waals surface area (Å²) < 4.78 is 0.992. The highest BCUT2D eigenvalue weighted by molar-refractivity contribution is 9.10. The van der Waals surface area contributed by atoms with Crippen molar-refractivity contribution in [2.45, 2.75) is 25.7 Å². The lowest BCUT2D eigenvalue weighted by atomic mass is 10.1. The Bertz CT molecular complexity index is 1040. The van der Waals surface area contributed by atoms with Crippen molar-refractivity contribution in [2.24, 2.45) is 5.92 Å². The molecule has 0 bridgehead atoms. The summed E-state index contributed by atoms with van der Waals surface area (Å²) >= 11 is 4.75. The molecule has 4 rings (SSSR count). The zero-order valence-corrected chi connectivity index (χ0v) is 19.4. The van der Waals surface area contributed by atoms with E-state index in [0.717, 1.165) is 34.3 Å². The Morgan fingerprint density at radius 2 is 1.77 bits per heavy atom. The van der Waals surface area contributed by atoms with Crippen molar-refractivity contribution in [2.75, 3.05) is 18.4 Å². The number of nitrogens with one attached hydrogen (secondary N) is 1. The molecule has 1 aliphatic carbocycles. The van der Waals surface area contributed by atoms with Crippen LogP contribution in [0.3, 0.4) is 0 Å². The molecule has 1 heterocycles. The highest BCUT2D eigenvalue weighted by atomic mass is 79.9. The number of rotatable bonds is 9. The van der Waals surface area contributed by atoms with E-state index in [-0.39, 0.29) is 24.2 Å². The Morgan fingerprint density at radius 3 is 2.48 bits per heavy atom. The maximum absolute atomic E-state index is 12.7. The molecule has 1 saturated carbocycles. The van der Waals surface area contributed by atoms with E-state index in [4.69, 9.17) is 0 Å². The van der Waals surface area contributed by atoms with Gasteiger partial charge < -0.3 is 10.2 Å². The summed E-state index contributed by atoms with van der Waals surface area (Å²) in [5.74, 6) is 0.138. The Kier molecular flexibility index (Phi) is 7.09. The normalized spacial score (nSPS) is 13.1. The van der Waals surface area contributed by atoms with Crippen LogP contribution in [0, 0.1) is 5.92 Å². The van der Waals surface area contributed by atoms with Crippen LogP contribution in [-0.4, -0.2) is 40.0 Å². The first-order chi connectivity index (χ1) is 15.1. The summed E-state index contributed by atoms with van der Waals surface area (Å²) in [4.78, 5) is 27.0. The van der Waals surface area contributed by atoms with Gasteiger partial charge in [0.25, 0.3) is 0 Å². The van der Waals surface area contributed by atoms with Gasteiger partial charge in [0.15, 0.2) is 0 Å². The predicted molar refractivity (Wildman–Crippen MR) is 126 cm³/mol. The van der Waals surface area contributed by atoms with Gasteiger partial charge in [0.1, 0.15) is 5.01 Å². The van der Waals surface area contributed by atoms with Crippen LogP contribution in [0.4, 0.5) is 5.13 Å². The molecule has 31 heavy (non-hydrogen) atoms. The van der Waals surface area contributed by atoms with E-state index in [2.05, 4.69) is 43.6 Å². The van der Waals surface area contributed by atoms with Crippen molar-refractivity contribution in [3.8, 4) is 10.6 Å². The van der Waals surface area contributed by atoms with E-state index < -0.39 is 0 Å². The minimum atomic E-state index is -0.160. The fourth-order valence-corrected chi connectivity index (χ4v) is 4.26. The SMILES string of the molecule is O=C(CCN(CCc1ccccc1)C(=O)C1CC1)Nc1nnc(-c2ccc(Br)cc2)s1. The zero-order valence-electron chi connectivity index (χ0n) is 17.0. The number of halogens is 1. The van der Waals surface area contributed by atoms with Gasteiger partial charge >= 0.3 is 0 Å². The first-order valence-corrected chi connectivity index (χ1v) is 11.9. The third-order valence-electron chi connectivity index (χ3n) is 5.12. The minimum Gasteiger partial charge on any atom is -0.342 e. The van der Waals surface area contributed by atoms with Crippen molar-refractivity contribution in [1.82, 2.24) is 15.1 Å². The Labute approximate surface area is 193 Å². The Morgan fingerprint density at radius 1 is 1.03 bits per heavy atom. The van der Waals surface area contributed by atoms with Gasteiger partial charge in [-0.2, -0.15) is 0 Å². The van der Waals surface area contributed by atoms with Crippen molar-refractivity contribution in [3.63, 3.8) is 0 Å². The molecular weight excluding hydrogens is 476 g/mol. The van der Waals surface area contributed by atoms with E-state index in [1.165, 1.54) is 16.9 Å². The van der Waals surface area contributed by atoms with Crippen LogP contribution >= 0.6 is 27.3 Å². The molecular formula is C23H23BrN4O2S. The van der Waals surface area contributed by atoms with Crippen LogP contribution in [0.5, 0.6) is 0 Å². The maximum Gasteiger partial charge on any atom is 0.227 e. The maximum atomic E-state index is 12.7. The Balaban J connectivity index is 1.31. The topological polar surface area (TPSA) is 75.2 Å². The fraction of sp³-hybridized carbons (Fsp3) is 0.304. The quantitative estimate of drug-likeness (QED) is 0.460. The van der Waals surface area contributed by atoms with Gasteiger partial charge in [-0.1, -0.05) is 69.7 Å². The molecule has 2 aromatic carbocycles. The zero-order chi connectivity index (χ0) is 21.6. The molecule has 8 heteroatoms. The van der Waals surface area contributed by atoms with E-state index in [9.17, 15) is 9.59 Å². The number of hydrogen-bond donors (Lipinski definition) is 1. The third-order valence-corrected chi connectivity index (χ3v) is 6.54. The van der Waals surface area contributed by atoms with Crippen molar-refractivity contribution in [1.29, 1.82) is 0 Å². The smallest absolute Gasteiger partial charge is 0.227 e. The van der Waals surface area contributed by atoms with Crippen LogP contribution in [0.2, 0.25) is 0 Å². The molecule has 2 amide bonds. The van der Waals surface area contributed by atoms with E-state index in [0.29, 0.717) is 18.2 Å². The molecule has 0 saturated heterocycles. The number of benzene rings is 2. The largest absolute Gasteiger partial charge is 0.342 e. The second kappa shape index (κ2) is 10.2. The first-order valence-electron chi connectivity index (χ1n) is 10.3. The lowest BCUT2D eigenvalue weighted by Gasteiger charge is -2.22. The van der Waals surface area contributed by atoms with Crippen LogP contribution in [0.25, 0.3) is 10.6 Å². The lowest BCUT2D eigenvalue weighted by Crippen LogP contribution is -2.36. The minimum absolute atomic E-state index is 0.135. The van der Waals surface area contributed by atoms with Gasteiger partial charge in [-0.25, -0.2) is 0 Å². The molecule has 0 unspecified atom stereocenters. The summed E-state index contributed by atoms with van der Waals surface area (Å²) in [6.07, 6.45) is 2.93. The standard InChI is InChI=1S/C23H23BrN4O2S/c24-19-10-8-17(9-11-19)21-26-27-23(31-21)25-20(29)13-15-28(22(30)18-6-7-18)14-12-16-4-2-1-3-5-16/h1-5,8-11,18H,6-7,12-15H2,(H,25,27,29). The monoisotopic (exact) mass is 498 g/mol. The number of anilines is 1. The summed E-state index contributed by atoms with van der Waals surface area (Å²) in [6.45, 7) is 1.03. The van der Waals surface area contributed by atoms with Crippen molar-refractivity contribution >= 4 is 44.2 Å². The van der Waals surface area contributed by atoms with E-state index in [1.807, 2.05) is 47.4 Å². The van der Waals surface area contributed by atoms with Gasteiger partial charge in [-0.3, -0.25) is 9.59 Å².